The molecule has 5 nitrogen and oxygen atoms in total. The molecule has 0 amide bonds. The van der Waals surface area contributed by atoms with Crippen LogP contribution in [0.3, 0.4) is 0 Å². The second kappa shape index (κ2) is 7.13. The lowest BCUT2D eigenvalue weighted by molar-refractivity contribution is 0.871. The van der Waals surface area contributed by atoms with Gasteiger partial charge in [0, 0.05) is 15.6 Å². The third-order valence-electron chi connectivity index (χ3n) is 3.54. The molecule has 0 spiro atoms. The second-order valence-electron chi connectivity index (χ2n) is 5.34. The quantitative estimate of drug-likeness (QED) is 0.513. The Balaban J connectivity index is 1.57. The summed E-state index contributed by atoms with van der Waals surface area (Å²) in [6.07, 6.45) is 0. The zero-order chi connectivity index (χ0) is 17.1. The summed E-state index contributed by atoms with van der Waals surface area (Å²) in [4.78, 5) is 1.19. The molecule has 25 heavy (non-hydrogen) atoms. The van der Waals surface area contributed by atoms with Crippen LogP contribution in [0.5, 0.6) is 0 Å². The molecular formula is C18H14ClN5S. The van der Waals surface area contributed by atoms with E-state index in [9.17, 15) is 0 Å². The molecule has 2 aromatic carbocycles. The lowest BCUT2D eigenvalue weighted by Crippen LogP contribution is -2.02. The predicted octanol–water partition coefficient (Wildman–Crippen LogP) is 4.81. The number of thioether (sulfide) groups is 1. The first kappa shape index (κ1) is 15.9. The van der Waals surface area contributed by atoms with E-state index in [1.807, 2.05) is 54.6 Å². The number of nitrogens with one attached hydrogen (secondary N) is 1. The van der Waals surface area contributed by atoms with Crippen molar-refractivity contribution < 1.29 is 0 Å². The third kappa shape index (κ3) is 3.75. The Bertz CT molecular complexity index is 1000. The Morgan fingerprint density at radius 1 is 0.960 bits per heavy atom. The van der Waals surface area contributed by atoms with E-state index in [4.69, 9.17) is 11.6 Å². The van der Waals surface area contributed by atoms with Crippen LogP contribution in [0.15, 0.2) is 71.6 Å². The summed E-state index contributed by atoms with van der Waals surface area (Å²) in [5, 5.41) is 17.0. The Morgan fingerprint density at radius 3 is 2.68 bits per heavy atom. The molecule has 0 aliphatic carbocycles. The number of aromatic nitrogens is 4. The van der Waals surface area contributed by atoms with Crippen molar-refractivity contribution in [1.29, 1.82) is 0 Å². The second-order valence-corrected chi connectivity index (χ2v) is 6.83. The highest BCUT2D eigenvalue weighted by Gasteiger charge is 2.08. The van der Waals surface area contributed by atoms with Crippen molar-refractivity contribution >= 4 is 40.5 Å². The largest absolute Gasteiger partial charge is 0.339 e. The molecule has 4 rings (SSSR count). The molecule has 0 saturated carbocycles. The van der Waals surface area contributed by atoms with Gasteiger partial charge >= 0.3 is 0 Å². The topological polar surface area (TPSA) is 55.1 Å². The summed E-state index contributed by atoms with van der Waals surface area (Å²) in [5.41, 5.74) is 1.60. The fraction of sp³-hybridized carbons (Fsp3) is 0.0556. The van der Waals surface area contributed by atoms with Crippen LogP contribution in [-0.4, -0.2) is 19.8 Å². The molecule has 7 heteroatoms. The zero-order valence-electron chi connectivity index (χ0n) is 13.1. The van der Waals surface area contributed by atoms with Gasteiger partial charge in [-0.1, -0.05) is 35.9 Å². The Kier molecular flexibility index (Phi) is 4.54. The summed E-state index contributed by atoms with van der Waals surface area (Å²) in [7, 11) is 0. The highest BCUT2D eigenvalue weighted by Crippen LogP contribution is 2.22. The van der Waals surface area contributed by atoms with Gasteiger partial charge in [0.1, 0.15) is 0 Å². The van der Waals surface area contributed by atoms with Gasteiger partial charge in [0.05, 0.1) is 5.75 Å². The van der Waals surface area contributed by atoms with Crippen LogP contribution in [0.1, 0.15) is 5.82 Å². The summed E-state index contributed by atoms with van der Waals surface area (Å²) < 4.78 is 1.77. The molecule has 0 aliphatic rings. The summed E-state index contributed by atoms with van der Waals surface area (Å²) in [6, 6.07) is 21.5. The van der Waals surface area contributed by atoms with Crippen molar-refractivity contribution in [2.75, 3.05) is 5.32 Å². The molecule has 2 aromatic heterocycles. The Morgan fingerprint density at radius 2 is 1.84 bits per heavy atom. The smallest absolute Gasteiger partial charge is 0.178 e. The van der Waals surface area contributed by atoms with Gasteiger partial charge in [0.15, 0.2) is 17.3 Å². The van der Waals surface area contributed by atoms with Crippen molar-refractivity contribution in [3.8, 4) is 0 Å². The van der Waals surface area contributed by atoms with E-state index in [0.29, 0.717) is 16.6 Å². The van der Waals surface area contributed by atoms with Crippen molar-refractivity contribution in [3.63, 3.8) is 0 Å². The highest BCUT2D eigenvalue weighted by atomic mass is 35.5. The molecule has 0 saturated heterocycles. The summed E-state index contributed by atoms with van der Waals surface area (Å²) in [5.74, 6) is 2.21. The summed E-state index contributed by atoms with van der Waals surface area (Å²) >= 11 is 7.73. The van der Waals surface area contributed by atoms with Crippen molar-refractivity contribution in [2.24, 2.45) is 0 Å². The van der Waals surface area contributed by atoms with Crippen molar-refractivity contribution in [3.05, 3.63) is 77.6 Å². The SMILES string of the molecule is Clc1cccc(Nc2ccc3nnc(CSc4ccccc4)n3n2)c1. The van der Waals surface area contributed by atoms with Crippen LogP contribution in [0.4, 0.5) is 11.5 Å². The van der Waals surface area contributed by atoms with E-state index in [2.05, 4.69) is 32.7 Å². The first-order valence-electron chi connectivity index (χ1n) is 7.70. The van der Waals surface area contributed by atoms with Gasteiger partial charge in [0.25, 0.3) is 0 Å². The Labute approximate surface area is 154 Å². The fourth-order valence-corrected chi connectivity index (χ4v) is 3.38. The first-order valence-corrected chi connectivity index (χ1v) is 9.06. The predicted molar refractivity (Wildman–Crippen MR) is 102 cm³/mol. The van der Waals surface area contributed by atoms with Crippen LogP contribution in [0, 0.1) is 0 Å². The van der Waals surface area contributed by atoms with Gasteiger partial charge in [-0.3, -0.25) is 0 Å². The van der Waals surface area contributed by atoms with Crippen molar-refractivity contribution in [2.45, 2.75) is 10.6 Å². The molecule has 0 unspecified atom stereocenters. The maximum Gasteiger partial charge on any atom is 0.178 e. The minimum Gasteiger partial charge on any atom is -0.339 e. The average Bonchev–Trinajstić information content (AvgIpc) is 3.03. The number of halogens is 1. The molecule has 0 radical (unpaired) electrons. The monoisotopic (exact) mass is 367 g/mol. The van der Waals surface area contributed by atoms with E-state index >= 15 is 0 Å². The Hall–Kier alpha value is -2.57. The van der Waals surface area contributed by atoms with Gasteiger partial charge in [-0.15, -0.1) is 27.1 Å². The summed E-state index contributed by atoms with van der Waals surface area (Å²) in [6.45, 7) is 0. The van der Waals surface area contributed by atoms with E-state index in [1.165, 1.54) is 4.90 Å². The number of hydrogen-bond acceptors (Lipinski definition) is 5. The molecular weight excluding hydrogens is 354 g/mol. The number of hydrogen-bond donors (Lipinski definition) is 1. The molecule has 0 aliphatic heterocycles. The van der Waals surface area contributed by atoms with Crippen LogP contribution < -0.4 is 5.32 Å². The number of benzene rings is 2. The molecule has 124 valence electrons. The lowest BCUT2D eigenvalue weighted by Gasteiger charge is -2.06. The number of fused-ring (bicyclic) bond motifs is 1. The number of rotatable bonds is 5. The van der Waals surface area contributed by atoms with Gasteiger partial charge in [-0.05, 0) is 42.5 Å². The normalized spacial score (nSPS) is 10.9. The van der Waals surface area contributed by atoms with E-state index in [0.717, 1.165) is 17.2 Å². The zero-order valence-corrected chi connectivity index (χ0v) is 14.7. The van der Waals surface area contributed by atoms with Gasteiger partial charge in [0.2, 0.25) is 0 Å². The van der Waals surface area contributed by atoms with Gasteiger partial charge in [-0.25, -0.2) is 0 Å². The maximum absolute atomic E-state index is 6.03. The van der Waals surface area contributed by atoms with Crippen molar-refractivity contribution in [1.82, 2.24) is 19.8 Å². The maximum atomic E-state index is 6.03. The average molecular weight is 368 g/mol. The minimum absolute atomic E-state index is 0.676. The van der Waals surface area contributed by atoms with Gasteiger partial charge < -0.3 is 5.32 Å². The molecule has 4 aromatic rings. The molecule has 0 fully saturated rings. The van der Waals surface area contributed by atoms with E-state index in [-0.39, 0.29) is 0 Å². The first-order chi connectivity index (χ1) is 12.3. The number of nitrogens with zero attached hydrogens (tertiary/aromatic N) is 4. The number of anilines is 2. The molecule has 1 N–H and O–H groups in total. The fourth-order valence-electron chi connectivity index (χ4n) is 2.37. The van der Waals surface area contributed by atoms with E-state index < -0.39 is 0 Å². The molecule has 0 bridgehead atoms. The van der Waals surface area contributed by atoms with E-state index in [1.54, 1.807) is 16.3 Å². The van der Waals surface area contributed by atoms with Crippen LogP contribution in [-0.2, 0) is 5.75 Å². The van der Waals surface area contributed by atoms with Gasteiger partial charge in [-0.2, -0.15) is 4.52 Å². The molecule has 0 atom stereocenters. The minimum atomic E-state index is 0.676. The standard InChI is InChI=1S/C18H14ClN5S/c19-13-5-4-6-14(11-13)20-16-9-10-17-21-22-18(24(17)23-16)12-25-15-7-2-1-3-8-15/h1-11H,12H2,(H,20,23). The van der Waals surface area contributed by atoms with Crippen LogP contribution in [0.2, 0.25) is 5.02 Å². The van der Waals surface area contributed by atoms with Crippen LogP contribution in [0.25, 0.3) is 5.65 Å². The lowest BCUT2D eigenvalue weighted by atomic mass is 10.3. The third-order valence-corrected chi connectivity index (χ3v) is 4.78. The van der Waals surface area contributed by atoms with Crippen LogP contribution >= 0.6 is 23.4 Å². The molecule has 2 heterocycles. The highest BCUT2D eigenvalue weighted by molar-refractivity contribution is 7.98.